The van der Waals surface area contributed by atoms with E-state index < -0.39 is 0 Å². The second kappa shape index (κ2) is 5.49. The number of aromatic nitrogens is 2. The van der Waals surface area contributed by atoms with Crippen LogP contribution < -0.4 is 10.6 Å². The third kappa shape index (κ3) is 2.77. The van der Waals surface area contributed by atoms with Crippen molar-refractivity contribution in [3.05, 3.63) is 5.89 Å². The fourth-order valence-electron chi connectivity index (χ4n) is 2.72. The molecule has 2 N–H and O–H groups in total. The summed E-state index contributed by atoms with van der Waals surface area (Å²) in [6, 6.07) is 1.03. The van der Waals surface area contributed by atoms with Gasteiger partial charge in [0.1, 0.15) is 0 Å². The molecule has 2 rings (SSSR count). The van der Waals surface area contributed by atoms with Crippen molar-refractivity contribution in [2.45, 2.75) is 45.7 Å². The average Bonchev–Trinajstić information content (AvgIpc) is 2.89. The first-order valence-electron chi connectivity index (χ1n) is 6.48. The molecule has 1 fully saturated rings. The Morgan fingerprint density at radius 1 is 1.35 bits per heavy atom. The smallest absolute Gasteiger partial charge is 0.315 e. The number of hydrogen-bond donors (Lipinski definition) is 2. The number of rotatable bonds is 5. The normalized spacial score (nSPS) is 28.5. The molecule has 0 amide bonds. The molecule has 1 aromatic heterocycles. The molecule has 0 aliphatic heterocycles. The summed E-state index contributed by atoms with van der Waals surface area (Å²) < 4.78 is 5.51. The van der Waals surface area contributed by atoms with E-state index in [4.69, 9.17) is 4.42 Å². The van der Waals surface area contributed by atoms with Gasteiger partial charge in [-0.3, -0.25) is 0 Å². The van der Waals surface area contributed by atoms with Gasteiger partial charge in [0, 0.05) is 6.04 Å². The lowest BCUT2D eigenvalue weighted by atomic mass is 9.94. The maximum Gasteiger partial charge on any atom is 0.315 e. The van der Waals surface area contributed by atoms with Gasteiger partial charge in [0.25, 0.3) is 0 Å². The summed E-state index contributed by atoms with van der Waals surface area (Å²) in [6.07, 6.45) is 3.75. The molecule has 1 aliphatic carbocycles. The molecule has 0 bridgehead atoms. The maximum atomic E-state index is 5.51. The molecule has 17 heavy (non-hydrogen) atoms. The Morgan fingerprint density at radius 2 is 2.18 bits per heavy atom. The highest BCUT2D eigenvalue weighted by molar-refractivity contribution is 5.21. The Balaban J connectivity index is 1.92. The van der Waals surface area contributed by atoms with Gasteiger partial charge >= 0.3 is 6.01 Å². The summed E-state index contributed by atoms with van der Waals surface area (Å²) in [7, 11) is 1.86. The average molecular weight is 238 g/mol. The summed E-state index contributed by atoms with van der Waals surface area (Å²) in [5, 5.41) is 14.3. The Bertz CT molecular complexity index is 352. The fourth-order valence-corrected chi connectivity index (χ4v) is 2.72. The van der Waals surface area contributed by atoms with Gasteiger partial charge in [-0.1, -0.05) is 25.4 Å². The van der Waals surface area contributed by atoms with E-state index in [1.165, 1.54) is 19.3 Å². The minimum absolute atomic E-state index is 0.475. The molecule has 0 aromatic carbocycles. The summed E-state index contributed by atoms with van der Waals surface area (Å²) in [5.74, 6) is 2.14. The van der Waals surface area contributed by atoms with E-state index in [2.05, 4.69) is 34.7 Å². The first-order valence-corrected chi connectivity index (χ1v) is 6.48. The Hall–Kier alpha value is -1.10. The van der Waals surface area contributed by atoms with Crippen LogP contribution in [0.15, 0.2) is 4.42 Å². The molecule has 1 aliphatic rings. The van der Waals surface area contributed by atoms with Crippen LogP contribution in [0.2, 0.25) is 0 Å². The van der Waals surface area contributed by atoms with Crippen molar-refractivity contribution in [3.8, 4) is 0 Å². The van der Waals surface area contributed by atoms with Crippen LogP contribution in [0.5, 0.6) is 0 Å². The van der Waals surface area contributed by atoms with Crippen molar-refractivity contribution in [3.63, 3.8) is 0 Å². The Morgan fingerprint density at radius 3 is 2.82 bits per heavy atom. The predicted octanol–water partition coefficient (Wildman–Crippen LogP) is 2.03. The van der Waals surface area contributed by atoms with Crippen molar-refractivity contribution in [2.24, 2.45) is 11.8 Å². The first-order chi connectivity index (χ1) is 8.24. The zero-order valence-electron chi connectivity index (χ0n) is 10.9. The van der Waals surface area contributed by atoms with Crippen molar-refractivity contribution >= 4 is 6.01 Å². The third-order valence-electron chi connectivity index (χ3n) is 3.85. The second-order valence-corrected chi connectivity index (χ2v) is 4.89. The molecule has 96 valence electrons. The second-order valence-electron chi connectivity index (χ2n) is 4.89. The molecule has 1 heterocycles. The van der Waals surface area contributed by atoms with Crippen molar-refractivity contribution in [1.29, 1.82) is 0 Å². The molecule has 0 radical (unpaired) electrons. The molecule has 3 atom stereocenters. The summed E-state index contributed by atoms with van der Waals surface area (Å²) in [4.78, 5) is 0. The van der Waals surface area contributed by atoms with E-state index in [1.807, 2.05) is 7.05 Å². The lowest BCUT2D eigenvalue weighted by Crippen LogP contribution is -2.24. The van der Waals surface area contributed by atoms with Crippen LogP contribution in [-0.4, -0.2) is 23.3 Å². The van der Waals surface area contributed by atoms with Gasteiger partial charge in [0.05, 0.1) is 6.54 Å². The minimum atomic E-state index is 0.475. The Labute approximate surface area is 102 Å². The lowest BCUT2D eigenvalue weighted by molar-refractivity contribution is 0.386. The van der Waals surface area contributed by atoms with Crippen LogP contribution in [0, 0.1) is 11.8 Å². The Kier molecular flexibility index (Phi) is 3.99. The van der Waals surface area contributed by atoms with Crippen molar-refractivity contribution < 1.29 is 4.42 Å². The van der Waals surface area contributed by atoms with Crippen LogP contribution in [0.1, 0.15) is 39.0 Å². The topological polar surface area (TPSA) is 63.0 Å². The van der Waals surface area contributed by atoms with Crippen LogP contribution in [-0.2, 0) is 6.54 Å². The first kappa shape index (κ1) is 12.4. The van der Waals surface area contributed by atoms with E-state index in [0.29, 0.717) is 30.4 Å². The molecule has 3 unspecified atom stereocenters. The summed E-state index contributed by atoms with van der Waals surface area (Å²) in [5.41, 5.74) is 0. The van der Waals surface area contributed by atoms with Crippen molar-refractivity contribution in [1.82, 2.24) is 15.5 Å². The molecule has 1 aromatic rings. The van der Waals surface area contributed by atoms with Gasteiger partial charge in [0.15, 0.2) is 0 Å². The third-order valence-corrected chi connectivity index (χ3v) is 3.85. The SMILES string of the molecule is CCC1CCC(Nc2nnc(CNC)o2)C1C. The monoisotopic (exact) mass is 238 g/mol. The highest BCUT2D eigenvalue weighted by Gasteiger charge is 2.32. The molecular weight excluding hydrogens is 216 g/mol. The quantitative estimate of drug-likeness (QED) is 0.821. The zero-order valence-corrected chi connectivity index (χ0v) is 10.9. The highest BCUT2D eigenvalue weighted by atomic mass is 16.4. The summed E-state index contributed by atoms with van der Waals surface area (Å²) >= 11 is 0. The van der Waals surface area contributed by atoms with E-state index in [0.717, 1.165) is 5.92 Å². The van der Waals surface area contributed by atoms with E-state index in [-0.39, 0.29) is 0 Å². The van der Waals surface area contributed by atoms with Gasteiger partial charge < -0.3 is 15.1 Å². The minimum Gasteiger partial charge on any atom is -0.407 e. The standard InChI is InChI=1S/C12H22N4O/c1-4-9-5-6-10(8(9)2)14-12-16-15-11(17-12)7-13-3/h8-10,13H,4-7H2,1-3H3,(H,14,16). The van der Waals surface area contributed by atoms with Crippen molar-refractivity contribution in [2.75, 3.05) is 12.4 Å². The van der Waals surface area contributed by atoms with Gasteiger partial charge in [0.2, 0.25) is 5.89 Å². The number of nitrogens with zero attached hydrogens (tertiary/aromatic N) is 2. The lowest BCUT2D eigenvalue weighted by Gasteiger charge is -2.19. The largest absolute Gasteiger partial charge is 0.407 e. The van der Waals surface area contributed by atoms with E-state index in [9.17, 15) is 0 Å². The molecule has 5 heteroatoms. The van der Waals surface area contributed by atoms with Gasteiger partial charge in [-0.05, 0) is 31.7 Å². The van der Waals surface area contributed by atoms with Crippen LogP contribution in [0.3, 0.4) is 0 Å². The number of hydrogen-bond acceptors (Lipinski definition) is 5. The predicted molar refractivity (Wildman–Crippen MR) is 66.7 cm³/mol. The number of anilines is 1. The number of nitrogens with one attached hydrogen (secondary N) is 2. The van der Waals surface area contributed by atoms with Gasteiger partial charge in [-0.25, -0.2) is 0 Å². The molecule has 0 spiro atoms. The van der Waals surface area contributed by atoms with Crippen LogP contribution >= 0.6 is 0 Å². The molecular formula is C12H22N4O. The van der Waals surface area contributed by atoms with E-state index >= 15 is 0 Å². The van der Waals surface area contributed by atoms with Crippen LogP contribution in [0.25, 0.3) is 0 Å². The highest BCUT2D eigenvalue weighted by Crippen LogP contribution is 2.35. The molecule has 1 saturated carbocycles. The van der Waals surface area contributed by atoms with Gasteiger partial charge in [-0.2, -0.15) is 0 Å². The molecule has 0 saturated heterocycles. The zero-order chi connectivity index (χ0) is 12.3. The molecule has 5 nitrogen and oxygen atoms in total. The van der Waals surface area contributed by atoms with E-state index in [1.54, 1.807) is 0 Å². The maximum absolute atomic E-state index is 5.51. The fraction of sp³-hybridized carbons (Fsp3) is 0.833. The van der Waals surface area contributed by atoms with Gasteiger partial charge in [-0.15, -0.1) is 5.10 Å². The summed E-state index contributed by atoms with van der Waals surface area (Å²) in [6.45, 7) is 5.19. The van der Waals surface area contributed by atoms with Crippen LogP contribution in [0.4, 0.5) is 6.01 Å².